The van der Waals surface area contributed by atoms with Gasteiger partial charge >= 0.3 is 6.09 Å². The number of hydrogen-bond donors (Lipinski definition) is 3. The van der Waals surface area contributed by atoms with Crippen molar-refractivity contribution in [3.63, 3.8) is 0 Å². The highest BCUT2D eigenvalue weighted by atomic mass is 19.1. The smallest absolute Gasteiger partial charge is 0.409 e. The first-order valence-electron chi connectivity index (χ1n) is 12.7. The summed E-state index contributed by atoms with van der Waals surface area (Å²) in [5.74, 6) is -1.05. The van der Waals surface area contributed by atoms with Crippen LogP contribution in [0, 0.1) is 5.82 Å². The number of amides is 3. The predicted molar refractivity (Wildman–Crippen MR) is 139 cm³/mol. The number of nitrogens with two attached hydrogens (primary N) is 1. The zero-order valence-corrected chi connectivity index (χ0v) is 21.0. The van der Waals surface area contributed by atoms with Crippen molar-refractivity contribution in [2.45, 2.75) is 44.2 Å². The number of nitrogens with one attached hydrogen (secondary N) is 2. The zero-order valence-electron chi connectivity index (χ0n) is 21.0. The van der Waals surface area contributed by atoms with Gasteiger partial charge in [-0.1, -0.05) is 0 Å². The molecule has 0 spiro atoms. The van der Waals surface area contributed by atoms with Crippen LogP contribution in [0.1, 0.15) is 52.8 Å². The number of ether oxygens (including phenoxy) is 1. The Hall–Kier alpha value is -3.66. The number of carbonyl (C=O) groups excluding carboxylic acids is 3. The molecule has 198 valence electrons. The molecule has 2 fully saturated rings. The van der Waals surface area contributed by atoms with Crippen LogP contribution >= 0.6 is 0 Å². The van der Waals surface area contributed by atoms with E-state index in [0.717, 1.165) is 31.4 Å². The molecule has 37 heavy (non-hydrogen) atoms. The Bertz CT molecular complexity index is 1120. The van der Waals surface area contributed by atoms with E-state index in [1.54, 1.807) is 17.0 Å². The van der Waals surface area contributed by atoms with Crippen LogP contribution in [-0.4, -0.2) is 68.2 Å². The molecular formula is C27H34FN5O4. The molecule has 1 heterocycles. The molecule has 2 aromatic carbocycles. The molecule has 0 unspecified atom stereocenters. The maximum atomic E-state index is 13.4. The Balaban J connectivity index is 1.57. The van der Waals surface area contributed by atoms with E-state index in [1.165, 1.54) is 31.4 Å². The fourth-order valence-corrected chi connectivity index (χ4v) is 4.85. The van der Waals surface area contributed by atoms with Gasteiger partial charge in [0.05, 0.1) is 18.5 Å². The fourth-order valence-electron chi connectivity index (χ4n) is 4.85. The van der Waals surface area contributed by atoms with Gasteiger partial charge in [0.15, 0.2) is 0 Å². The van der Waals surface area contributed by atoms with Crippen LogP contribution in [0.25, 0.3) is 0 Å². The summed E-state index contributed by atoms with van der Waals surface area (Å²) in [6.07, 6.45) is 3.77. The van der Waals surface area contributed by atoms with Crippen molar-refractivity contribution in [2.75, 3.05) is 43.5 Å². The van der Waals surface area contributed by atoms with Crippen LogP contribution in [0.5, 0.6) is 0 Å². The summed E-state index contributed by atoms with van der Waals surface area (Å²) in [6, 6.07) is 10.8. The average Bonchev–Trinajstić information content (AvgIpc) is 3.16. The highest BCUT2D eigenvalue weighted by Gasteiger charge is 2.24. The van der Waals surface area contributed by atoms with E-state index in [1.807, 2.05) is 6.07 Å². The molecule has 10 heteroatoms. The molecule has 9 nitrogen and oxygen atoms in total. The van der Waals surface area contributed by atoms with Gasteiger partial charge in [0.25, 0.3) is 11.8 Å². The maximum Gasteiger partial charge on any atom is 0.409 e. The molecule has 0 aromatic heterocycles. The van der Waals surface area contributed by atoms with E-state index < -0.39 is 11.7 Å². The van der Waals surface area contributed by atoms with Gasteiger partial charge < -0.3 is 30.9 Å². The third-order valence-electron chi connectivity index (χ3n) is 6.99. The van der Waals surface area contributed by atoms with Gasteiger partial charge in [0.2, 0.25) is 0 Å². The predicted octanol–water partition coefficient (Wildman–Crippen LogP) is 3.36. The summed E-state index contributed by atoms with van der Waals surface area (Å²) in [5, 5.41) is 6.00. The van der Waals surface area contributed by atoms with Crippen molar-refractivity contribution in [1.82, 2.24) is 10.2 Å². The van der Waals surface area contributed by atoms with Gasteiger partial charge in [0, 0.05) is 49.4 Å². The number of rotatable bonds is 5. The van der Waals surface area contributed by atoms with Crippen LogP contribution < -0.4 is 21.3 Å². The van der Waals surface area contributed by atoms with E-state index in [-0.39, 0.29) is 24.1 Å². The lowest BCUT2D eigenvalue weighted by Gasteiger charge is -2.28. The minimum absolute atomic E-state index is 0.0687. The summed E-state index contributed by atoms with van der Waals surface area (Å²) >= 11 is 0. The van der Waals surface area contributed by atoms with Crippen LogP contribution in [-0.2, 0) is 4.74 Å². The standard InChI is InChI=1S/C27H34FN5O4/c1-37-27(36)33-14-2-13-32(15-16-33)24-12-5-19(26(35)30-22-10-8-21(29)9-11-22)17-23(24)31-25(34)18-3-6-20(28)7-4-18/h3-7,12,17,21-22H,2,8-11,13-16,29H2,1H3,(H,30,35)(H,31,34). The lowest BCUT2D eigenvalue weighted by Crippen LogP contribution is -2.40. The Labute approximate surface area is 216 Å². The molecule has 4 rings (SSSR count). The highest BCUT2D eigenvalue weighted by Crippen LogP contribution is 2.29. The van der Waals surface area contributed by atoms with Crippen LogP contribution in [0.3, 0.4) is 0 Å². The Kier molecular flexibility index (Phi) is 8.60. The number of carbonyl (C=O) groups is 3. The van der Waals surface area contributed by atoms with Crippen molar-refractivity contribution in [3.05, 3.63) is 59.4 Å². The second-order valence-corrected chi connectivity index (χ2v) is 9.58. The Morgan fingerprint density at radius 1 is 0.919 bits per heavy atom. The summed E-state index contributed by atoms with van der Waals surface area (Å²) in [6.45, 7) is 2.21. The molecule has 1 aliphatic carbocycles. The number of benzene rings is 2. The van der Waals surface area contributed by atoms with E-state index in [0.29, 0.717) is 49.4 Å². The van der Waals surface area contributed by atoms with Crippen molar-refractivity contribution in [1.29, 1.82) is 0 Å². The second-order valence-electron chi connectivity index (χ2n) is 9.58. The molecule has 1 saturated carbocycles. The number of hydrogen-bond acceptors (Lipinski definition) is 6. The third-order valence-corrected chi connectivity index (χ3v) is 6.99. The van der Waals surface area contributed by atoms with Gasteiger partial charge in [0.1, 0.15) is 5.82 Å². The molecule has 1 aliphatic heterocycles. The molecule has 1 saturated heterocycles. The minimum Gasteiger partial charge on any atom is -0.453 e. The average molecular weight is 512 g/mol. The normalized spacial score (nSPS) is 20.1. The summed E-state index contributed by atoms with van der Waals surface area (Å²) < 4.78 is 18.2. The maximum absolute atomic E-state index is 13.4. The van der Waals surface area contributed by atoms with Gasteiger partial charge in [-0.25, -0.2) is 9.18 Å². The number of halogens is 1. The molecule has 0 radical (unpaired) electrons. The van der Waals surface area contributed by atoms with E-state index in [9.17, 15) is 18.8 Å². The first-order valence-corrected chi connectivity index (χ1v) is 12.7. The summed E-state index contributed by atoms with van der Waals surface area (Å²) in [4.78, 5) is 41.8. The first kappa shape index (κ1) is 26.4. The second kappa shape index (κ2) is 12.1. The van der Waals surface area contributed by atoms with E-state index in [4.69, 9.17) is 10.5 Å². The molecule has 3 amide bonds. The van der Waals surface area contributed by atoms with Crippen LogP contribution in [0.15, 0.2) is 42.5 Å². The zero-order chi connectivity index (χ0) is 26.4. The molecule has 4 N–H and O–H groups in total. The topological polar surface area (TPSA) is 117 Å². The Morgan fingerprint density at radius 2 is 1.62 bits per heavy atom. The first-order chi connectivity index (χ1) is 17.8. The third kappa shape index (κ3) is 6.76. The molecule has 0 atom stereocenters. The summed E-state index contributed by atoms with van der Waals surface area (Å²) in [5.41, 5.74) is 7.92. The van der Waals surface area contributed by atoms with Crippen LogP contribution in [0.4, 0.5) is 20.6 Å². The van der Waals surface area contributed by atoms with Crippen molar-refractivity contribution < 1.29 is 23.5 Å². The molecular weight excluding hydrogens is 477 g/mol. The van der Waals surface area contributed by atoms with Gasteiger partial charge in [-0.05, 0) is 74.6 Å². The van der Waals surface area contributed by atoms with Crippen LogP contribution in [0.2, 0.25) is 0 Å². The molecule has 2 aromatic rings. The number of anilines is 2. The van der Waals surface area contributed by atoms with Gasteiger partial charge in [-0.2, -0.15) is 0 Å². The Morgan fingerprint density at radius 3 is 2.32 bits per heavy atom. The van der Waals surface area contributed by atoms with Gasteiger partial charge in [-0.15, -0.1) is 0 Å². The largest absolute Gasteiger partial charge is 0.453 e. The van der Waals surface area contributed by atoms with E-state index >= 15 is 0 Å². The summed E-state index contributed by atoms with van der Waals surface area (Å²) in [7, 11) is 1.36. The quantitative estimate of drug-likeness (QED) is 0.567. The van der Waals surface area contributed by atoms with Crippen molar-refractivity contribution in [3.8, 4) is 0 Å². The fraction of sp³-hybridized carbons (Fsp3) is 0.444. The molecule has 2 aliphatic rings. The molecule has 0 bridgehead atoms. The monoisotopic (exact) mass is 511 g/mol. The van der Waals surface area contributed by atoms with Crippen molar-refractivity contribution in [2.24, 2.45) is 5.73 Å². The number of methoxy groups -OCH3 is 1. The lowest BCUT2D eigenvalue weighted by atomic mass is 9.91. The highest BCUT2D eigenvalue weighted by molar-refractivity contribution is 6.07. The van der Waals surface area contributed by atoms with Gasteiger partial charge in [-0.3, -0.25) is 9.59 Å². The minimum atomic E-state index is -0.431. The van der Waals surface area contributed by atoms with Crippen molar-refractivity contribution >= 4 is 29.3 Å². The van der Waals surface area contributed by atoms with E-state index in [2.05, 4.69) is 15.5 Å². The SMILES string of the molecule is COC(=O)N1CCCN(c2ccc(C(=O)NC3CCC(N)CC3)cc2NC(=O)c2ccc(F)cc2)CC1. The lowest BCUT2D eigenvalue weighted by molar-refractivity contribution is 0.0924. The number of nitrogens with zero attached hydrogens (tertiary/aromatic N) is 2.